The van der Waals surface area contributed by atoms with E-state index in [-0.39, 0.29) is 11.9 Å². The molecule has 0 aliphatic carbocycles. The van der Waals surface area contributed by atoms with Crippen LogP contribution in [-0.2, 0) is 6.54 Å². The quantitative estimate of drug-likeness (QED) is 0.509. The van der Waals surface area contributed by atoms with Gasteiger partial charge in [-0.3, -0.25) is 0 Å². The molecule has 0 saturated heterocycles. The number of ether oxygens (including phenoxy) is 3. The Morgan fingerprint density at radius 3 is 2.46 bits per heavy atom. The third kappa shape index (κ3) is 6.33. The third-order valence-corrected chi connectivity index (χ3v) is 3.94. The largest absolute Gasteiger partial charge is 0.493 e. The van der Waals surface area contributed by atoms with Crippen molar-refractivity contribution in [3.8, 4) is 17.2 Å². The number of halogens is 1. The van der Waals surface area contributed by atoms with E-state index in [2.05, 4.69) is 15.6 Å². The smallest absolute Gasteiger partial charge is 0.191 e. The van der Waals surface area contributed by atoms with Crippen molar-refractivity contribution in [2.45, 2.75) is 26.5 Å². The van der Waals surface area contributed by atoms with Crippen molar-refractivity contribution in [1.82, 2.24) is 10.6 Å². The Morgan fingerprint density at radius 1 is 1.07 bits per heavy atom. The van der Waals surface area contributed by atoms with Crippen molar-refractivity contribution in [3.63, 3.8) is 0 Å². The predicted molar refractivity (Wildman–Crippen MR) is 109 cm³/mol. The Labute approximate surface area is 165 Å². The lowest BCUT2D eigenvalue weighted by molar-refractivity contribution is 0.223. The van der Waals surface area contributed by atoms with Gasteiger partial charge in [-0.25, -0.2) is 9.38 Å². The van der Waals surface area contributed by atoms with Gasteiger partial charge in [0.15, 0.2) is 17.5 Å². The van der Waals surface area contributed by atoms with E-state index in [1.807, 2.05) is 32.0 Å². The summed E-state index contributed by atoms with van der Waals surface area (Å²) >= 11 is 0. The molecule has 2 aromatic carbocycles. The highest BCUT2D eigenvalue weighted by atomic mass is 19.1. The molecule has 0 bridgehead atoms. The standard InChI is InChI=1S/C21H28FN3O3/c1-5-23-21(24-13-15(2)28-18-11-9-17(22)10-12-18)25-14-16-7-6-8-19(26-3)20(16)27-4/h6-12,15H,5,13-14H2,1-4H3,(H2,23,24,25). The topological polar surface area (TPSA) is 64.1 Å². The molecule has 1 atom stereocenters. The number of benzene rings is 2. The molecular formula is C21H28FN3O3. The summed E-state index contributed by atoms with van der Waals surface area (Å²) in [6.45, 7) is 5.64. The Kier molecular flexibility index (Phi) is 8.39. The van der Waals surface area contributed by atoms with Crippen molar-refractivity contribution in [1.29, 1.82) is 0 Å². The van der Waals surface area contributed by atoms with Crippen molar-refractivity contribution in [2.24, 2.45) is 4.99 Å². The summed E-state index contributed by atoms with van der Waals surface area (Å²) < 4.78 is 29.5. The molecule has 0 spiro atoms. The van der Waals surface area contributed by atoms with Crippen LogP contribution in [0.15, 0.2) is 47.5 Å². The molecule has 0 amide bonds. The Bertz CT molecular complexity index is 766. The zero-order chi connectivity index (χ0) is 20.4. The Hall–Kier alpha value is -2.96. The molecule has 7 heteroatoms. The van der Waals surface area contributed by atoms with Gasteiger partial charge in [0.25, 0.3) is 0 Å². The summed E-state index contributed by atoms with van der Waals surface area (Å²) in [5.74, 6) is 2.36. The van der Waals surface area contributed by atoms with Gasteiger partial charge in [-0.15, -0.1) is 0 Å². The summed E-state index contributed by atoms with van der Waals surface area (Å²) in [4.78, 5) is 4.61. The second kappa shape index (κ2) is 11.0. The average molecular weight is 389 g/mol. The van der Waals surface area contributed by atoms with Crippen LogP contribution in [0, 0.1) is 5.82 Å². The van der Waals surface area contributed by atoms with E-state index in [1.165, 1.54) is 12.1 Å². The maximum absolute atomic E-state index is 13.0. The van der Waals surface area contributed by atoms with Crippen molar-refractivity contribution >= 4 is 5.96 Å². The highest BCUT2D eigenvalue weighted by molar-refractivity contribution is 5.79. The molecule has 0 heterocycles. The average Bonchev–Trinajstić information content (AvgIpc) is 2.71. The second-order valence-electron chi connectivity index (χ2n) is 6.11. The van der Waals surface area contributed by atoms with Gasteiger partial charge < -0.3 is 24.8 Å². The molecule has 0 aliphatic rings. The molecule has 6 nitrogen and oxygen atoms in total. The highest BCUT2D eigenvalue weighted by Gasteiger charge is 2.10. The van der Waals surface area contributed by atoms with Crippen molar-refractivity contribution in [3.05, 3.63) is 53.8 Å². The summed E-state index contributed by atoms with van der Waals surface area (Å²) in [5.41, 5.74) is 0.926. The number of aliphatic imine (C=N–C) groups is 1. The summed E-state index contributed by atoms with van der Waals surface area (Å²) in [7, 11) is 3.22. The third-order valence-electron chi connectivity index (χ3n) is 3.94. The van der Waals surface area contributed by atoms with Crippen LogP contribution in [0.25, 0.3) is 0 Å². The number of guanidine groups is 1. The van der Waals surface area contributed by atoms with Gasteiger partial charge in [0.05, 0.1) is 27.3 Å². The minimum absolute atomic E-state index is 0.124. The lowest BCUT2D eigenvalue weighted by Crippen LogP contribution is -2.41. The number of hydrogen-bond donors (Lipinski definition) is 2. The van der Waals surface area contributed by atoms with Crippen LogP contribution >= 0.6 is 0 Å². The van der Waals surface area contributed by atoms with Crippen LogP contribution < -0.4 is 24.8 Å². The van der Waals surface area contributed by atoms with Gasteiger partial charge in [-0.1, -0.05) is 12.1 Å². The summed E-state index contributed by atoms with van der Waals surface area (Å²) in [5, 5.41) is 6.46. The minimum atomic E-state index is -0.285. The maximum atomic E-state index is 13.0. The number of para-hydroxylation sites is 1. The molecule has 2 aromatic rings. The molecule has 152 valence electrons. The molecule has 0 aliphatic heterocycles. The van der Waals surface area contributed by atoms with Gasteiger partial charge in [0, 0.05) is 12.1 Å². The molecule has 0 fully saturated rings. The Morgan fingerprint density at radius 2 is 1.82 bits per heavy atom. The van der Waals surface area contributed by atoms with Crippen LogP contribution in [0.5, 0.6) is 17.2 Å². The number of rotatable bonds is 9. The zero-order valence-electron chi connectivity index (χ0n) is 16.8. The fraction of sp³-hybridized carbons (Fsp3) is 0.381. The molecule has 2 rings (SSSR count). The first-order valence-corrected chi connectivity index (χ1v) is 9.21. The fourth-order valence-corrected chi connectivity index (χ4v) is 2.61. The minimum Gasteiger partial charge on any atom is -0.493 e. The van der Waals surface area contributed by atoms with Crippen LogP contribution in [-0.4, -0.2) is 39.4 Å². The SMILES string of the molecule is CCNC(=NCc1cccc(OC)c1OC)NCC(C)Oc1ccc(F)cc1. The molecule has 2 N–H and O–H groups in total. The molecule has 0 radical (unpaired) electrons. The van der Waals surface area contributed by atoms with Crippen LogP contribution in [0.2, 0.25) is 0 Å². The first kappa shape index (κ1) is 21.3. The van der Waals surface area contributed by atoms with Gasteiger partial charge in [-0.2, -0.15) is 0 Å². The van der Waals surface area contributed by atoms with E-state index in [0.717, 1.165) is 12.1 Å². The summed E-state index contributed by atoms with van der Waals surface area (Å²) in [6.07, 6.45) is -0.124. The van der Waals surface area contributed by atoms with Crippen LogP contribution in [0.3, 0.4) is 0 Å². The van der Waals surface area contributed by atoms with E-state index in [9.17, 15) is 4.39 Å². The molecule has 0 aromatic heterocycles. The number of nitrogens with one attached hydrogen (secondary N) is 2. The molecule has 1 unspecified atom stereocenters. The molecule has 28 heavy (non-hydrogen) atoms. The lowest BCUT2D eigenvalue weighted by atomic mass is 10.2. The number of hydrogen-bond acceptors (Lipinski definition) is 4. The van der Waals surface area contributed by atoms with E-state index in [0.29, 0.717) is 36.3 Å². The van der Waals surface area contributed by atoms with Crippen molar-refractivity contribution in [2.75, 3.05) is 27.3 Å². The maximum Gasteiger partial charge on any atom is 0.191 e. The summed E-state index contributed by atoms with van der Waals surface area (Å²) in [6, 6.07) is 11.7. The zero-order valence-corrected chi connectivity index (χ0v) is 16.8. The number of nitrogens with zero attached hydrogens (tertiary/aromatic N) is 1. The first-order valence-electron chi connectivity index (χ1n) is 9.21. The Balaban J connectivity index is 1.97. The predicted octanol–water partition coefficient (Wildman–Crippen LogP) is 3.37. The molecule has 0 saturated carbocycles. The van der Waals surface area contributed by atoms with E-state index in [4.69, 9.17) is 14.2 Å². The van der Waals surface area contributed by atoms with Gasteiger partial charge in [-0.05, 0) is 44.2 Å². The first-order chi connectivity index (χ1) is 13.6. The van der Waals surface area contributed by atoms with Crippen LogP contribution in [0.1, 0.15) is 19.4 Å². The lowest BCUT2D eigenvalue weighted by Gasteiger charge is -2.18. The normalized spacial score (nSPS) is 12.2. The van der Waals surface area contributed by atoms with E-state index >= 15 is 0 Å². The second-order valence-corrected chi connectivity index (χ2v) is 6.11. The van der Waals surface area contributed by atoms with Crippen LogP contribution in [0.4, 0.5) is 4.39 Å². The van der Waals surface area contributed by atoms with E-state index < -0.39 is 0 Å². The van der Waals surface area contributed by atoms with Gasteiger partial charge in [0.1, 0.15) is 17.7 Å². The number of methoxy groups -OCH3 is 2. The van der Waals surface area contributed by atoms with Gasteiger partial charge >= 0.3 is 0 Å². The van der Waals surface area contributed by atoms with Crippen molar-refractivity contribution < 1.29 is 18.6 Å². The van der Waals surface area contributed by atoms with Gasteiger partial charge in [0.2, 0.25) is 0 Å². The fourth-order valence-electron chi connectivity index (χ4n) is 2.61. The molecular weight excluding hydrogens is 361 g/mol. The monoisotopic (exact) mass is 389 g/mol. The van der Waals surface area contributed by atoms with E-state index in [1.54, 1.807) is 26.4 Å². The highest BCUT2D eigenvalue weighted by Crippen LogP contribution is 2.31.